The van der Waals surface area contributed by atoms with Crippen LogP contribution in [0.4, 0.5) is 4.39 Å². The zero-order chi connectivity index (χ0) is 12.7. The first kappa shape index (κ1) is 11.9. The van der Waals surface area contributed by atoms with Gasteiger partial charge in [0.15, 0.2) is 4.77 Å². The highest BCUT2D eigenvalue weighted by atomic mass is 32.1. The number of fused-ring (bicyclic) bond motifs is 1. The summed E-state index contributed by atoms with van der Waals surface area (Å²) < 4.78 is 21.6. The van der Waals surface area contributed by atoms with Crippen LogP contribution in [0.5, 0.6) is 0 Å². The van der Waals surface area contributed by atoms with E-state index in [1.54, 1.807) is 6.92 Å². The molecule has 1 aliphatic rings. The summed E-state index contributed by atoms with van der Waals surface area (Å²) >= 11 is 5.32. The molecule has 0 radical (unpaired) electrons. The second-order valence-corrected chi connectivity index (χ2v) is 5.28. The van der Waals surface area contributed by atoms with Gasteiger partial charge >= 0.3 is 0 Å². The van der Waals surface area contributed by atoms with Crippen molar-refractivity contribution in [2.24, 2.45) is 5.92 Å². The first-order valence-corrected chi connectivity index (χ1v) is 6.52. The SMILES string of the molecule is Cc1cc2c(cc1F)[nH]c(=S)n2CC1CCOC1. The number of H-pyrrole nitrogens is 1. The molecular formula is C13H15FN2OS. The topological polar surface area (TPSA) is 29.9 Å². The Balaban J connectivity index is 2.07. The Labute approximate surface area is 110 Å². The van der Waals surface area contributed by atoms with E-state index >= 15 is 0 Å². The van der Waals surface area contributed by atoms with Gasteiger partial charge in [-0.1, -0.05) is 0 Å². The number of nitrogens with zero attached hydrogens (tertiary/aromatic N) is 1. The van der Waals surface area contributed by atoms with E-state index in [0.717, 1.165) is 37.2 Å². The van der Waals surface area contributed by atoms with Crippen LogP contribution in [0.1, 0.15) is 12.0 Å². The summed E-state index contributed by atoms with van der Waals surface area (Å²) in [7, 11) is 0. The number of aryl methyl sites for hydroxylation is 1. The normalized spacial score (nSPS) is 19.8. The van der Waals surface area contributed by atoms with Gasteiger partial charge in [0.1, 0.15) is 5.82 Å². The number of hydrogen-bond donors (Lipinski definition) is 1. The highest BCUT2D eigenvalue weighted by Crippen LogP contribution is 2.22. The van der Waals surface area contributed by atoms with Crippen molar-refractivity contribution in [3.63, 3.8) is 0 Å². The Hall–Kier alpha value is -1.20. The second-order valence-electron chi connectivity index (χ2n) is 4.89. The minimum atomic E-state index is -0.199. The van der Waals surface area contributed by atoms with E-state index in [0.29, 0.717) is 16.3 Å². The van der Waals surface area contributed by atoms with Crippen molar-refractivity contribution in [3.8, 4) is 0 Å². The largest absolute Gasteiger partial charge is 0.381 e. The number of aromatic amines is 1. The molecule has 3 nitrogen and oxygen atoms in total. The Bertz CT molecular complexity index is 640. The smallest absolute Gasteiger partial charge is 0.178 e. The molecule has 0 bridgehead atoms. The fourth-order valence-corrected chi connectivity index (χ4v) is 2.73. The summed E-state index contributed by atoms with van der Waals surface area (Å²) in [5.74, 6) is 0.302. The number of hydrogen-bond acceptors (Lipinski definition) is 2. The van der Waals surface area contributed by atoms with Gasteiger partial charge in [-0.15, -0.1) is 0 Å². The average molecular weight is 266 g/mol. The maximum absolute atomic E-state index is 13.5. The highest BCUT2D eigenvalue weighted by molar-refractivity contribution is 7.71. The predicted octanol–water partition coefficient (Wildman–Crippen LogP) is 3.18. The van der Waals surface area contributed by atoms with Crippen LogP contribution < -0.4 is 0 Å². The van der Waals surface area contributed by atoms with Crippen LogP contribution >= 0.6 is 12.2 Å². The van der Waals surface area contributed by atoms with Crippen molar-refractivity contribution < 1.29 is 9.13 Å². The Morgan fingerprint density at radius 1 is 1.56 bits per heavy atom. The molecule has 2 aromatic rings. The third kappa shape index (κ3) is 1.97. The number of rotatable bonds is 2. The molecule has 1 fully saturated rings. The first-order valence-electron chi connectivity index (χ1n) is 6.11. The Morgan fingerprint density at radius 2 is 2.39 bits per heavy atom. The van der Waals surface area contributed by atoms with E-state index in [2.05, 4.69) is 9.55 Å². The Morgan fingerprint density at radius 3 is 3.11 bits per heavy atom. The van der Waals surface area contributed by atoms with Crippen LogP contribution in [0, 0.1) is 23.4 Å². The zero-order valence-electron chi connectivity index (χ0n) is 10.2. The van der Waals surface area contributed by atoms with Crippen LogP contribution in [0.15, 0.2) is 12.1 Å². The molecular weight excluding hydrogens is 251 g/mol. The highest BCUT2D eigenvalue weighted by Gasteiger charge is 2.18. The minimum absolute atomic E-state index is 0.199. The zero-order valence-corrected chi connectivity index (χ0v) is 11.0. The molecule has 2 heterocycles. The van der Waals surface area contributed by atoms with Crippen LogP contribution in [0.2, 0.25) is 0 Å². The van der Waals surface area contributed by atoms with Crippen molar-refractivity contribution in [3.05, 3.63) is 28.3 Å². The molecule has 0 amide bonds. The lowest BCUT2D eigenvalue weighted by Gasteiger charge is -2.10. The van der Waals surface area contributed by atoms with Gasteiger partial charge in [-0.3, -0.25) is 0 Å². The number of halogens is 1. The average Bonchev–Trinajstić information content (AvgIpc) is 2.92. The third-order valence-electron chi connectivity index (χ3n) is 3.52. The third-order valence-corrected chi connectivity index (χ3v) is 3.84. The van der Waals surface area contributed by atoms with Gasteiger partial charge in [0, 0.05) is 19.1 Å². The molecule has 1 saturated heterocycles. The lowest BCUT2D eigenvalue weighted by Crippen LogP contribution is -2.10. The number of aromatic nitrogens is 2. The van der Waals surface area contributed by atoms with Crippen molar-refractivity contribution in [1.29, 1.82) is 0 Å². The monoisotopic (exact) mass is 266 g/mol. The molecule has 1 unspecified atom stereocenters. The van der Waals surface area contributed by atoms with Crippen molar-refractivity contribution in [2.75, 3.05) is 13.2 Å². The summed E-state index contributed by atoms with van der Waals surface area (Å²) in [5, 5.41) is 0. The molecule has 1 aromatic heterocycles. The predicted molar refractivity (Wildman–Crippen MR) is 70.7 cm³/mol. The summed E-state index contributed by atoms with van der Waals surface area (Å²) in [6, 6.07) is 3.37. The standard InChI is InChI=1S/C13H15FN2OS/c1-8-4-12-11(5-10(8)14)15-13(18)16(12)6-9-2-3-17-7-9/h4-5,9H,2-3,6-7H2,1H3,(H,15,18). The minimum Gasteiger partial charge on any atom is -0.381 e. The molecule has 96 valence electrons. The fourth-order valence-electron chi connectivity index (χ4n) is 2.45. The first-order chi connectivity index (χ1) is 8.65. The number of ether oxygens (including phenoxy) is 1. The summed E-state index contributed by atoms with van der Waals surface area (Å²) in [6.07, 6.45) is 1.06. The number of imidazole rings is 1. The van der Waals surface area contributed by atoms with Crippen LogP contribution in [-0.4, -0.2) is 22.8 Å². The lowest BCUT2D eigenvalue weighted by atomic mass is 10.1. The number of nitrogens with one attached hydrogen (secondary N) is 1. The molecule has 3 rings (SSSR count). The second kappa shape index (κ2) is 4.48. The molecule has 0 aliphatic carbocycles. The van der Waals surface area contributed by atoms with E-state index in [9.17, 15) is 4.39 Å². The van der Waals surface area contributed by atoms with E-state index < -0.39 is 0 Å². The van der Waals surface area contributed by atoms with Gasteiger partial charge in [0.05, 0.1) is 17.6 Å². The van der Waals surface area contributed by atoms with E-state index in [-0.39, 0.29) is 5.82 Å². The van der Waals surface area contributed by atoms with E-state index in [4.69, 9.17) is 17.0 Å². The fraction of sp³-hybridized carbons (Fsp3) is 0.462. The molecule has 1 N–H and O–H groups in total. The van der Waals surface area contributed by atoms with Gasteiger partial charge in [0.25, 0.3) is 0 Å². The maximum Gasteiger partial charge on any atom is 0.178 e. The Kier molecular flexibility index (Phi) is 2.95. The van der Waals surface area contributed by atoms with Crippen LogP contribution in [0.3, 0.4) is 0 Å². The molecule has 0 spiro atoms. The molecule has 1 aliphatic heterocycles. The summed E-state index contributed by atoms with van der Waals surface area (Å²) in [6.45, 7) is 4.22. The molecule has 1 aromatic carbocycles. The van der Waals surface area contributed by atoms with Gasteiger partial charge in [-0.2, -0.15) is 0 Å². The van der Waals surface area contributed by atoms with Crippen LogP contribution in [-0.2, 0) is 11.3 Å². The van der Waals surface area contributed by atoms with Gasteiger partial charge in [-0.25, -0.2) is 4.39 Å². The van der Waals surface area contributed by atoms with Gasteiger partial charge < -0.3 is 14.3 Å². The molecule has 0 saturated carbocycles. The molecule has 18 heavy (non-hydrogen) atoms. The van der Waals surface area contributed by atoms with E-state index in [1.807, 2.05) is 6.07 Å². The van der Waals surface area contributed by atoms with Gasteiger partial charge in [-0.05, 0) is 43.3 Å². The molecule has 1 atom stereocenters. The van der Waals surface area contributed by atoms with Crippen molar-refractivity contribution in [1.82, 2.24) is 9.55 Å². The van der Waals surface area contributed by atoms with E-state index in [1.165, 1.54) is 6.07 Å². The van der Waals surface area contributed by atoms with Gasteiger partial charge in [0.2, 0.25) is 0 Å². The van der Waals surface area contributed by atoms with Crippen LogP contribution in [0.25, 0.3) is 11.0 Å². The quantitative estimate of drug-likeness (QED) is 0.846. The van der Waals surface area contributed by atoms with Crippen molar-refractivity contribution >= 4 is 23.3 Å². The lowest BCUT2D eigenvalue weighted by molar-refractivity contribution is 0.182. The summed E-state index contributed by atoms with van der Waals surface area (Å²) in [4.78, 5) is 3.07. The van der Waals surface area contributed by atoms with Crippen molar-refractivity contribution in [2.45, 2.75) is 19.9 Å². The molecule has 5 heteroatoms. The maximum atomic E-state index is 13.5. The number of benzene rings is 1. The summed E-state index contributed by atoms with van der Waals surface area (Å²) in [5.41, 5.74) is 2.39.